The maximum Gasteiger partial charge on any atom is 0.240 e. The highest BCUT2D eigenvalue weighted by Crippen LogP contribution is 2.12. The first-order valence-corrected chi connectivity index (χ1v) is 7.82. The first-order chi connectivity index (χ1) is 7.83. The molecule has 2 N–H and O–H groups in total. The highest BCUT2D eigenvalue weighted by atomic mass is 127. The summed E-state index contributed by atoms with van der Waals surface area (Å²) in [6, 6.07) is 6.56. The molecule has 0 spiro atoms. The molecule has 0 saturated carbocycles. The van der Waals surface area contributed by atoms with Crippen LogP contribution in [0, 0.1) is 9.49 Å². The topological polar surface area (TPSA) is 66.4 Å². The molecule has 0 amide bonds. The van der Waals surface area contributed by atoms with Gasteiger partial charge in [0.25, 0.3) is 0 Å². The Balaban J connectivity index is 2.72. The molecule has 0 aromatic heterocycles. The van der Waals surface area contributed by atoms with Crippen LogP contribution in [-0.4, -0.2) is 26.2 Å². The summed E-state index contributed by atoms with van der Waals surface area (Å²) in [6.07, 6.45) is -0.673. The normalized spacial score (nSPS) is 13.9. The van der Waals surface area contributed by atoms with Crippen molar-refractivity contribution >= 4 is 32.6 Å². The zero-order chi connectivity index (χ0) is 13.1. The first-order valence-electron chi connectivity index (χ1n) is 5.26. The number of aliphatic hydroxyl groups excluding tert-OH is 1. The van der Waals surface area contributed by atoms with Crippen LogP contribution in [0.5, 0.6) is 0 Å². The van der Waals surface area contributed by atoms with Crippen molar-refractivity contribution in [2.45, 2.75) is 24.8 Å². The Morgan fingerprint density at radius 2 is 1.82 bits per heavy atom. The van der Waals surface area contributed by atoms with E-state index < -0.39 is 16.1 Å². The second kappa shape index (κ2) is 6.12. The molecule has 96 valence electrons. The molecule has 1 aromatic rings. The molecule has 0 heterocycles. The Labute approximate surface area is 116 Å². The summed E-state index contributed by atoms with van der Waals surface area (Å²) in [7, 11) is -3.52. The molecule has 0 aliphatic rings. The molecule has 1 rings (SSSR count). The highest BCUT2D eigenvalue weighted by molar-refractivity contribution is 14.1. The van der Waals surface area contributed by atoms with Crippen molar-refractivity contribution in [2.24, 2.45) is 5.92 Å². The van der Waals surface area contributed by atoms with E-state index in [0.717, 1.165) is 3.57 Å². The van der Waals surface area contributed by atoms with E-state index >= 15 is 0 Å². The second-order valence-electron chi connectivity index (χ2n) is 4.12. The fourth-order valence-electron chi connectivity index (χ4n) is 1.13. The fourth-order valence-corrected chi connectivity index (χ4v) is 2.54. The van der Waals surface area contributed by atoms with E-state index in [9.17, 15) is 13.5 Å². The van der Waals surface area contributed by atoms with Gasteiger partial charge in [0.1, 0.15) is 0 Å². The molecule has 1 atom stereocenters. The van der Waals surface area contributed by atoms with E-state index in [0.29, 0.717) is 0 Å². The zero-order valence-electron chi connectivity index (χ0n) is 9.72. The maximum atomic E-state index is 11.8. The van der Waals surface area contributed by atoms with Crippen molar-refractivity contribution in [2.75, 3.05) is 6.54 Å². The Bertz CT molecular complexity index is 456. The van der Waals surface area contributed by atoms with Gasteiger partial charge in [0.15, 0.2) is 0 Å². The summed E-state index contributed by atoms with van der Waals surface area (Å²) in [5.41, 5.74) is 0. The molecule has 6 heteroatoms. The summed E-state index contributed by atoms with van der Waals surface area (Å²) in [5.74, 6) is 0.0226. The van der Waals surface area contributed by atoms with Crippen molar-refractivity contribution in [1.29, 1.82) is 0 Å². The van der Waals surface area contributed by atoms with Crippen LogP contribution in [0.25, 0.3) is 0 Å². The molecule has 0 aliphatic carbocycles. The van der Waals surface area contributed by atoms with Gasteiger partial charge in [-0.05, 0) is 52.8 Å². The van der Waals surface area contributed by atoms with Gasteiger partial charge in [0.2, 0.25) is 10.0 Å². The molecule has 1 aromatic carbocycles. The van der Waals surface area contributed by atoms with Crippen molar-refractivity contribution in [3.8, 4) is 0 Å². The number of nitrogens with one attached hydrogen (secondary N) is 1. The Morgan fingerprint density at radius 3 is 2.29 bits per heavy atom. The number of sulfonamides is 1. The number of hydrogen-bond acceptors (Lipinski definition) is 3. The van der Waals surface area contributed by atoms with Gasteiger partial charge in [-0.15, -0.1) is 0 Å². The number of aliphatic hydroxyl groups is 1. The smallest absolute Gasteiger partial charge is 0.240 e. The Morgan fingerprint density at radius 1 is 1.29 bits per heavy atom. The molecular weight excluding hydrogens is 353 g/mol. The van der Waals surface area contributed by atoms with Gasteiger partial charge in [-0.3, -0.25) is 0 Å². The lowest BCUT2D eigenvalue weighted by Gasteiger charge is -2.15. The molecule has 0 bridgehead atoms. The molecule has 0 fully saturated rings. The first kappa shape index (κ1) is 14.9. The minimum absolute atomic E-state index is 0.0226. The van der Waals surface area contributed by atoms with Crippen LogP contribution in [0.4, 0.5) is 0 Å². The van der Waals surface area contributed by atoms with E-state index in [-0.39, 0.29) is 17.4 Å². The third-order valence-electron chi connectivity index (χ3n) is 2.38. The summed E-state index contributed by atoms with van der Waals surface area (Å²) in [5, 5.41) is 9.55. The monoisotopic (exact) mass is 369 g/mol. The quantitative estimate of drug-likeness (QED) is 0.775. The predicted octanol–water partition coefficient (Wildman–Crippen LogP) is 1.59. The average molecular weight is 369 g/mol. The van der Waals surface area contributed by atoms with Crippen LogP contribution in [0.15, 0.2) is 29.2 Å². The van der Waals surface area contributed by atoms with E-state index in [1.807, 2.05) is 13.8 Å². The maximum absolute atomic E-state index is 11.8. The van der Waals surface area contributed by atoms with Crippen LogP contribution >= 0.6 is 22.6 Å². The number of benzene rings is 1. The van der Waals surface area contributed by atoms with Gasteiger partial charge in [-0.1, -0.05) is 13.8 Å². The highest BCUT2D eigenvalue weighted by Gasteiger charge is 2.17. The second-order valence-corrected chi connectivity index (χ2v) is 7.13. The van der Waals surface area contributed by atoms with Crippen molar-refractivity contribution in [1.82, 2.24) is 4.72 Å². The minimum Gasteiger partial charge on any atom is -0.391 e. The molecule has 1 unspecified atom stereocenters. The van der Waals surface area contributed by atoms with Crippen molar-refractivity contribution in [3.63, 3.8) is 0 Å². The molecule has 0 radical (unpaired) electrons. The average Bonchev–Trinajstić information content (AvgIpc) is 2.26. The largest absolute Gasteiger partial charge is 0.391 e. The van der Waals surface area contributed by atoms with E-state index in [1.165, 1.54) is 0 Å². The van der Waals surface area contributed by atoms with Crippen LogP contribution < -0.4 is 4.72 Å². The number of halogens is 1. The van der Waals surface area contributed by atoms with E-state index in [4.69, 9.17) is 0 Å². The van der Waals surface area contributed by atoms with Crippen LogP contribution in [-0.2, 0) is 10.0 Å². The summed E-state index contributed by atoms with van der Waals surface area (Å²) in [6.45, 7) is 3.71. The molecular formula is C11H16INO3S. The molecule has 0 aliphatic heterocycles. The number of hydrogen-bond donors (Lipinski definition) is 2. The van der Waals surface area contributed by atoms with E-state index in [2.05, 4.69) is 27.3 Å². The summed E-state index contributed by atoms with van der Waals surface area (Å²) < 4.78 is 27.1. The van der Waals surface area contributed by atoms with E-state index in [1.54, 1.807) is 24.3 Å². The predicted molar refractivity (Wildman–Crippen MR) is 75.2 cm³/mol. The minimum atomic E-state index is -3.52. The molecule has 0 saturated heterocycles. The van der Waals surface area contributed by atoms with Gasteiger partial charge in [0.05, 0.1) is 11.0 Å². The van der Waals surface area contributed by atoms with Crippen molar-refractivity contribution in [3.05, 3.63) is 27.8 Å². The lowest BCUT2D eigenvalue weighted by molar-refractivity contribution is 0.129. The summed E-state index contributed by atoms with van der Waals surface area (Å²) >= 11 is 2.11. The van der Waals surface area contributed by atoms with Gasteiger partial charge in [0, 0.05) is 10.1 Å². The third-order valence-corrected chi connectivity index (χ3v) is 4.53. The Kier molecular flexibility index (Phi) is 5.36. The molecule has 17 heavy (non-hydrogen) atoms. The van der Waals surface area contributed by atoms with Crippen LogP contribution in [0.1, 0.15) is 13.8 Å². The lowest BCUT2D eigenvalue weighted by atomic mass is 10.1. The third kappa shape index (κ3) is 4.53. The van der Waals surface area contributed by atoms with Gasteiger partial charge in [-0.25, -0.2) is 13.1 Å². The zero-order valence-corrected chi connectivity index (χ0v) is 12.7. The fraction of sp³-hybridized carbons (Fsp3) is 0.455. The van der Waals surface area contributed by atoms with Crippen LogP contribution in [0.2, 0.25) is 0 Å². The van der Waals surface area contributed by atoms with Crippen molar-refractivity contribution < 1.29 is 13.5 Å². The SMILES string of the molecule is CC(C)C(O)CNS(=O)(=O)c1ccc(I)cc1. The lowest BCUT2D eigenvalue weighted by Crippen LogP contribution is -2.34. The van der Waals surface area contributed by atoms with Gasteiger partial charge < -0.3 is 5.11 Å². The van der Waals surface area contributed by atoms with Crippen LogP contribution in [0.3, 0.4) is 0 Å². The standard InChI is InChI=1S/C11H16INO3S/c1-8(2)11(14)7-13-17(15,16)10-5-3-9(12)4-6-10/h3-6,8,11,13-14H,7H2,1-2H3. The number of rotatable bonds is 5. The summed E-state index contributed by atoms with van der Waals surface area (Å²) in [4.78, 5) is 0.217. The van der Waals surface area contributed by atoms with Gasteiger partial charge >= 0.3 is 0 Å². The van der Waals surface area contributed by atoms with Gasteiger partial charge in [-0.2, -0.15) is 0 Å². The molecule has 4 nitrogen and oxygen atoms in total. The Hall–Kier alpha value is -0.180.